The first-order valence-corrected chi connectivity index (χ1v) is 7.96. The van der Waals surface area contributed by atoms with Crippen molar-refractivity contribution in [2.75, 3.05) is 0 Å². The molecule has 0 saturated carbocycles. The van der Waals surface area contributed by atoms with Crippen LogP contribution < -0.4 is 5.32 Å². The van der Waals surface area contributed by atoms with E-state index in [1.165, 1.54) is 0 Å². The van der Waals surface area contributed by atoms with Crippen molar-refractivity contribution in [1.29, 1.82) is 0 Å². The smallest absolute Gasteiger partial charge is 0.253 e. The number of halogens is 1. The highest BCUT2D eigenvalue weighted by atomic mass is 79.9. The van der Waals surface area contributed by atoms with Crippen LogP contribution in [0.3, 0.4) is 0 Å². The summed E-state index contributed by atoms with van der Waals surface area (Å²) in [6, 6.07) is 13.1. The molecule has 3 aromatic rings. The van der Waals surface area contributed by atoms with Crippen molar-refractivity contribution in [3.05, 3.63) is 76.7 Å². The summed E-state index contributed by atoms with van der Waals surface area (Å²) in [5.74, 6) is 0.512. The molecular formula is C17H15BrN4O. The molecule has 1 N–H and O–H groups in total. The van der Waals surface area contributed by atoms with Crippen LogP contribution in [0, 0.1) is 0 Å². The maximum Gasteiger partial charge on any atom is 0.253 e. The van der Waals surface area contributed by atoms with Gasteiger partial charge in [0.15, 0.2) is 5.82 Å². The third-order valence-corrected chi connectivity index (χ3v) is 4.19. The van der Waals surface area contributed by atoms with Gasteiger partial charge in [-0.05, 0) is 36.8 Å². The van der Waals surface area contributed by atoms with Gasteiger partial charge in [0.1, 0.15) is 0 Å². The molecule has 0 fully saturated rings. The molecule has 0 aliphatic heterocycles. The molecule has 0 aliphatic rings. The Morgan fingerprint density at radius 2 is 2.04 bits per heavy atom. The van der Waals surface area contributed by atoms with Gasteiger partial charge in [-0.2, -0.15) is 5.10 Å². The van der Waals surface area contributed by atoms with Crippen molar-refractivity contribution >= 4 is 21.8 Å². The second kappa shape index (κ2) is 6.75. The summed E-state index contributed by atoms with van der Waals surface area (Å²) in [6.07, 6.45) is 5.04. The second-order valence-electron chi connectivity index (χ2n) is 5.07. The third kappa shape index (κ3) is 3.48. The minimum absolute atomic E-state index is 0.108. The van der Waals surface area contributed by atoms with Crippen molar-refractivity contribution in [2.45, 2.75) is 13.0 Å². The molecule has 0 aliphatic carbocycles. The number of hydrogen-bond acceptors (Lipinski definition) is 3. The Balaban J connectivity index is 1.72. The van der Waals surface area contributed by atoms with Crippen LogP contribution in [0.25, 0.3) is 5.82 Å². The van der Waals surface area contributed by atoms with E-state index in [0.717, 1.165) is 10.0 Å². The molecule has 5 nitrogen and oxygen atoms in total. The Bertz CT molecular complexity index is 800. The lowest BCUT2D eigenvalue weighted by Crippen LogP contribution is -2.27. The van der Waals surface area contributed by atoms with Gasteiger partial charge in [0, 0.05) is 23.1 Å². The largest absolute Gasteiger partial charge is 0.345 e. The predicted octanol–water partition coefficient (Wildman–Crippen LogP) is 3.52. The first kappa shape index (κ1) is 15.4. The molecule has 1 atom stereocenters. The lowest BCUT2D eigenvalue weighted by atomic mass is 10.1. The maximum atomic E-state index is 12.3. The first-order valence-electron chi connectivity index (χ1n) is 7.16. The van der Waals surface area contributed by atoms with Gasteiger partial charge >= 0.3 is 0 Å². The van der Waals surface area contributed by atoms with E-state index in [4.69, 9.17) is 0 Å². The van der Waals surface area contributed by atoms with Crippen molar-refractivity contribution in [1.82, 2.24) is 20.1 Å². The lowest BCUT2D eigenvalue weighted by Gasteiger charge is -2.15. The Hall–Kier alpha value is -2.47. The molecule has 23 heavy (non-hydrogen) atoms. The zero-order valence-electron chi connectivity index (χ0n) is 12.5. The Morgan fingerprint density at radius 3 is 2.70 bits per heavy atom. The number of nitrogens with one attached hydrogen (secondary N) is 1. The molecule has 0 radical (unpaired) electrons. The van der Waals surface area contributed by atoms with Gasteiger partial charge in [0.2, 0.25) is 0 Å². The number of pyridine rings is 1. The predicted molar refractivity (Wildman–Crippen MR) is 91.4 cm³/mol. The van der Waals surface area contributed by atoms with Crippen molar-refractivity contribution < 1.29 is 4.79 Å². The lowest BCUT2D eigenvalue weighted by molar-refractivity contribution is 0.0939. The van der Waals surface area contributed by atoms with Crippen LogP contribution in [0.4, 0.5) is 0 Å². The molecule has 1 amide bonds. The standard InChI is InChI=1S/C17H15BrN4O/c1-12(14-5-2-3-6-15(14)18)21-17(23)13-7-8-16(19-11-13)22-10-4-9-20-22/h2-12H,1H3,(H,21,23). The number of nitrogens with zero attached hydrogens (tertiary/aromatic N) is 3. The molecule has 116 valence electrons. The molecule has 1 unspecified atom stereocenters. The molecule has 0 saturated heterocycles. The minimum Gasteiger partial charge on any atom is -0.345 e. The van der Waals surface area contributed by atoms with Crippen LogP contribution >= 0.6 is 15.9 Å². The van der Waals surface area contributed by atoms with Gasteiger partial charge in [0.25, 0.3) is 5.91 Å². The van der Waals surface area contributed by atoms with E-state index in [9.17, 15) is 4.79 Å². The van der Waals surface area contributed by atoms with Crippen LogP contribution in [0.1, 0.15) is 28.9 Å². The summed E-state index contributed by atoms with van der Waals surface area (Å²) in [7, 11) is 0. The Kier molecular flexibility index (Phi) is 4.52. The van der Waals surface area contributed by atoms with E-state index in [1.54, 1.807) is 35.4 Å². The summed E-state index contributed by atoms with van der Waals surface area (Å²) >= 11 is 3.50. The van der Waals surface area contributed by atoms with E-state index < -0.39 is 0 Å². The maximum absolute atomic E-state index is 12.3. The highest BCUT2D eigenvalue weighted by Gasteiger charge is 2.14. The molecule has 6 heteroatoms. The second-order valence-corrected chi connectivity index (χ2v) is 5.93. The van der Waals surface area contributed by atoms with Crippen LogP contribution in [0.15, 0.2) is 65.5 Å². The average molecular weight is 371 g/mol. The number of hydrogen-bond donors (Lipinski definition) is 1. The van der Waals surface area contributed by atoms with Gasteiger partial charge < -0.3 is 5.32 Å². The van der Waals surface area contributed by atoms with E-state index in [-0.39, 0.29) is 11.9 Å². The monoisotopic (exact) mass is 370 g/mol. The fraction of sp³-hybridized carbons (Fsp3) is 0.118. The van der Waals surface area contributed by atoms with Crippen LogP contribution in [-0.4, -0.2) is 20.7 Å². The number of carbonyl (C=O) groups excluding carboxylic acids is 1. The third-order valence-electron chi connectivity index (χ3n) is 3.47. The quantitative estimate of drug-likeness (QED) is 0.764. The number of carbonyl (C=O) groups is 1. The van der Waals surface area contributed by atoms with Crippen molar-refractivity contribution in [2.24, 2.45) is 0 Å². The Labute approximate surface area is 142 Å². The highest BCUT2D eigenvalue weighted by Crippen LogP contribution is 2.23. The van der Waals surface area contributed by atoms with E-state index in [0.29, 0.717) is 11.4 Å². The SMILES string of the molecule is CC(NC(=O)c1ccc(-n2cccn2)nc1)c1ccccc1Br. The highest BCUT2D eigenvalue weighted by molar-refractivity contribution is 9.10. The fourth-order valence-electron chi connectivity index (χ4n) is 2.24. The van der Waals surface area contributed by atoms with Gasteiger partial charge in [-0.1, -0.05) is 34.1 Å². The van der Waals surface area contributed by atoms with Gasteiger partial charge in [-0.25, -0.2) is 9.67 Å². The molecular weight excluding hydrogens is 356 g/mol. The van der Waals surface area contributed by atoms with Crippen molar-refractivity contribution in [3.63, 3.8) is 0 Å². The summed E-state index contributed by atoms with van der Waals surface area (Å²) in [5, 5.41) is 7.08. The summed E-state index contributed by atoms with van der Waals surface area (Å²) < 4.78 is 2.62. The summed E-state index contributed by atoms with van der Waals surface area (Å²) in [5.41, 5.74) is 1.54. The topological polar surface area (TPSA) is 59.8 Å². The summed E-state index contributed by atoms with van der Waals surface area (Å²) in [4.78, 5) is 16.6. The van der Waals surface area contributed by atoms with E-state index in [2.05, 4.69) is 31.3 Å². The Morgan fingerprint density at radius 1 is 1.22 bits per heavy atom. The molecule has 0 spiro atoms. The molecule has 0 bridgehead atoms. The number of amides is 1. The molecule has 2 aromatic heterocycles. The number of rotatable bonds is 4. The van der Waals surface area contributed by atoms with Crippen LogP contribution in [0.2, 0.25) is 0 Å². The van der Waals surface area contributed by atoms with Gasteiger partial charge in [-0.15, -0.1) is 0 Å². The van der Waals surface area contributed by atoms with Crippen LogP contribution in [0.5, 0.6) is 0 Å². The van der Waals surface area contributed by atoms with Crippen LogP contribution in [-0.2, 0) is 0 Å². The van der Waals surface area contributed by atoms with Gasteiger partial charge in [-0.3, -0.25) is 4.79 Å². The zero-order valence-corrected chi connectivity index (χ0v) is 14.1. The van der Waals surface area contributed by atoms with E-state index in [1.807, 2.05) is 37.3 Å². The molecule has 1 aromatic carbocycles. The zero-order chi connectivity index (χ0) is 16.2. The van der Waals surface area contributed by atoms with Gasteiger partial charge in [0.05, 0.1) is 11.6 Å². The minimum atomic E-state index is -0.159. The summed E-state index contributed by atoms with van der Waals surface area (Å²) in [6.45, 7) is 1.95. The first-order chi connectivity index (χ1) is 11.1. The fourth-order valence-corrected chi connectivity index (χ4v) is 2.87. The normalized spacial score (nSPS) is 11.9. The van der Waals surface area contributed by atoms with E-state index >= 15 is 0 Å². The molecule has 2 heterocycles. The van der Waals surface area contributed by atoms with Crippen molar-refractivity contribution in [3.8, 4) is 5.82 Å². The molecule has 3 rings (SSSR count). The number of aromatic nitrogens is 3. The average Bonchev–Trinajstić information content (AvgIpc) is 3.09. The number of benzene rings is 1.